The van der Waals surface area contributed by atoms with E-state index in [9.17, 15) is 5.11 Å². The minimum Gasteiger partial charge on any atom is -0.390 e. The maximum absolute atomic E-state index is 10.2. The van der Waals surface area contributed by atoms with Crippen LogP contribution in [-0.4, -0.2) is 79.4 Å². The first-order valence-corrected chi connectivity index (χ1v) is 7.24. The Bertz CT molecular complexity index is 476. The van der Waals surface area contributed by atoms with Crippen LogP contribution >= 0.6 is 0 Å². The number of aromatic nitrogens is 1. The van der Waals surface area contributed by atoms with Gasteiger partial charge in [0, 0.05) is 46.3 Å². The Balaban J connectivity index is 1.81. The maximum Gasteiger partial charge on any atom is 0.140 e. The molecule has 21 heavy (non-hydrogen) atoms. The Kier molecular flexibility index (Phi) is 5.51. The van der Waals surface area contributed by atoms with Crippen LogP contribution in [0.15, 0.2) is 18.3 Å². The standard InChI is InChI=1S/C15H23N5O/c1-18-5-7-20(8-6-18)12-15(21)11-19(2)14-4-3-13(9-16)17-10-14/h3-4,10,15,21H,5-8,11-12H2,1-2H3/t15-/m1/s1. The number of hydrogen-bond donors (Lipinski definition) is 1. The van der Waals surface area contributed by atoms with E-state index in [4.69, 9.17) is 5.26 Å². The fourth-order valence-corrected chi connectivity index (χ4v) is 2.49. The lowest BCUT2D eigenvalue weighted by Crippen LogP contribution is -2.48. The molecule has 2 rings (SSSR count). The smallest absolute Gasteiger partial charge is 0.140 e. The minimum absolute atomic E-state index is 0.394. The van der Waals surface area contributed by atoms with Crippen LogP contribution in [0.1, 0.15) is 5.69 Å². The van der Waals surface area contributed by atoms with Crippen molar-refractivity contribution in [2.45, 2.75) is 6.10 Å². The van der Waals surface area contributed by atoms with Gasteiger partial charge in [0.2, 0.25) is 0 Å². The summed E-state index contributed by atoms with van der Waals surface area (Å²) in [4.78, 5) is 10.6. The summed E-state index contributed by atoms with van der Waals surface area (Å²) in [5.41, 5.74) is 1.32. The fourth-order valence-electron chi connectivity index (χ4n) is 2.49. The van der Waals surface area contributed by atoms with Crippen molar-refractivity contribution in [2.24, 2.45) is 0 Å². The van der Waals surface area contributed by atoms with Crippen LogP contribution in [0.5, 0.6) is 0 Å². The SMILES string of the molecule is CN1CCN(C[C@H](O)CN(C)c2ccc(C#N)nc2)CC1. The normalized spacial score (nSPS) is 18.2. The van der Waals surface area contributed by atoms with Gasteiger partial charge < -0.3 is 14.9 Å². The van der Waals surface area contributed by atoms with Crippen LogP contribution < -0.4 is 4.90 Å². The summed E-state index contributed by atoms with van der Waals surface area (Å²) in [7, 11) is 4.05. The van der Waals surface area contributed by atoms with Gasteiger partial charge in [-0.2, -0.15) is 5.26 Å². The van der Waals surface area contributed by atoms with E-state index >= 15 is 0 Å². The van der Waals surface area contributed by atoms with Crippen LogP contribution in [-0.2, 0) is 0 Å². The topological polar surface area (TPSA) is 66.6 Å². The zero-order valence-electron chi connectivity index (χ0n) is 12.7. The molecule has 6 nitrogen and oxygen atoms in total. The van der Waals surface area contributed by atoms with Gasteiger partial charge in [-0.1, -0.05) is 0 Å². The predicted octanol–water partition coefficient (Wildman–Crippen LogP) is -0.00222. The third-order valence-corrected chi connectivity index (χ3v) is 3.85. The molecule has 0 radical (unpaired) electrons. The van der Waals surface area contributed by atoms with Gasteiger partial charge in [-0.25, -0.2) is 4.98 Å². The van der Waals surface area contributed by atoms with Crippen molar-refractivity contribution in [1.29, 1.82) is 5.26 Å². The van der Waals surface area contributed by atoms with Gasteiger partial charge in [0.05, 0.1) is 18.0 Å². The number of nitrogens with zero attached hydrogens (tertiary/aromatic N) is 5. The number of piperazine rings is 1. The van der Waals surface area contributed by atoms with Crippen LogP contribution in [0.2, 0.25) is 0 Å². The van der Waals surface area contributed by atoms with E-state index < -0.39 is 6.10 Å². The molecule has 1 N–H and O–H groups in total. The molecule has 0 aliphatic carbocycles. The Morgan fingerprint density at radius 2 is 2.10 bits per heavy atom. The van der Waals surface area contributed by atoms with Crippen LogP contribution in [0.4, 0.5) is 5.69 Å². The molecular weight excluding hydrogens is 266 g/mol. The third kappa shape index (κ3) is 4.67. The number of likely N-dealkylation sites (N-methyl/N-ethyl adjacent to an activating group) is 2. The first-order valence-electron chi connectivity index (χ1n) is 7.24. The zero-order valence-corrected chi connectivity index (χ0v) is 12.7. The van der Waals surface area contributed by atoms with Crippen molar-refractivity contribution in [3.05, 3.63) is 24.0 Å². The van der Waals surface area contributed by atoms with E-state index in [0.29, 0.717) is 18.8 Å². The number of anilines is 1. The Morgan fingerprint density at radius 1 is 1.38 bits per heavy atom. The molecule has 1 aromatic heterocycles. The molecule has 0 spiro atoms. The van der Waals surface area contributed by atoms with E-state index in [1.165, 1.54) is 0 Å². The van der Waals surface area contributed by atoms with Gasteiger partial charge in [-0.3, -0.25) is 4.90 Å². The Hall–Kier alpha value is -1.68. The largest absolute Gasteiger partial charge is 0.390 e. The molecule has 1 fully saturated rings. The summed E-state index contributed by atoms with van der Waals surface area (Å²) in [6, 6.07) is 5.55. The maximum atomic E-state index is 10.2. The molecule has 0 aromatic carbocycles. The van der Waals surface area contributed by atoms with Crippen molar-refractivity contribution < 1.29 is 5.11 Å². The number of pyridine rings is 1. The lowest BCUT2D eigenvalue weighted by atomic mass is 10.2. The molecule has 1 saturated heterocycles. The van der Waals surface area contributed by atoms with Gasteiger partial charge in [0.15, 0.2) is 0 Å². The molecule has 2 heterocycles. The summed E-state index contributed by atoms with van der Waals surface area (Å²) in [6.07, 6.45) is 1.27. The number of nitriles is 1. The molecular formula is C15H23N5O. The molecule has 0 saturated carbocycles. The molecule has 0 amide bonds. The van der Waals surface area contributed by atoms with E-state index in [0.717, 1.165) is 31.9 Å². The zero-order chi connectivity index (χ0) is 15.2. The fraction of sp³-hybridized carbons (Fsp3) is 0.600. The van der Waals surface area contributed by atoms with E-state index in [1.807, 2.05) is 24.1 Å². The second kappa shape index (κ2) is 7.36. The summed E-state index contributed by atoms with van der Waals surface area (Å²) < 4.78 is 0. The van der Waals surface area contributed by atoms with Gasteiger partial charge in [0.25, 0.3) is 0 Å². The molecule has 1 aromatic rings. The average molecular weight is 289 g/mol. The van der Waals surface area contributed by atoms with Crippen LogP contribution in [0, 0.1) is 11.3 Å². The van der Waals surface area contributed by atoms with E-state index in [1.54, 1.807) is 12.3 Å². The summed E-state index contributed by atoms with van der Waals surface area (Å²) in [5.74, 6) is 0. The molecule has 1 aliphatic heterocycles. The first kappa shape index (κ1) is 15.7. The highest BCUT2D eigenvalue weighted by molar-refractivity contribution is 5.45. The van der Waals surface area contributed by atoms with Crippen molar-refractivity contribution in [2.75, 3.05) is 58.3 Å². The van der Waals surface area contributed by atoms with Crippen molar-refractivity contribution >= 4 is 5.69 Å². The quantitative estimate of drug-likeness (QED) is 0.823. The van der Waals surface area contributed by atoms with Crippen molar-refractivity contribution in [1.82, 2.24) is 14.8 Å². The van der Waals surface area contributed by atoms with Gasteiger partial charge in [-0.15, -0.1) is 0 Å². The number of aliphatic hydroxyl groups excluding tert-OH is 1. The van der Waals surface area contributed by atoms with E-state index in [-0.39, 0.29) is 0 Å². The van der Waals surface area contributed by atoms with Crippen molar-refractivity contribution in [3.8, 4) is 6.07 Å². The van der Waals surface area contributed by atoms with Gasteiger partial charge in [-0.05, 0) is 19.2 Å². The molecule has 114 valence electrons. The van der Waals surface area contributed by atoms with Gasteiger partial charge in [0.1, 0.15) is 11.8 Å². The molecule has 0 unspecified atom stereocenters. The summed E-state index contributed by atoms with van der Waals surface area (Å²) >= 11 is 0. The van der Waals surface area contributed by atoms with Crippen LogP contribution in [0.25, 0.3) is 0 Å². The second-order valence-electron chi connectivity index (χ2n) is 5.65. The number of aliphatic hydroxyl groups is 1. The highest BCUT2D eigenvalue weighted by Crippen LogP contribution is 2.12. The lowest BCUT2D eigenvalue weighted by Gasteiger charge is -2.34. The van der Waals surface area contributed by atoms with Gasteiger partial charge >= 0.3 is 0 Å². The minimum atomic E-state index is -0.394. The average Bonchev–Trinajstić information content (AvgIpc) is 2.49. The first-order chi connectivity index (χ1) is 10.1. The molecule has 6 heteroatoms. The molecule has 1 aliphatic rings. The highest BCUT2D eigenvalue weighted by Gasteiger charge is 2.18. The third-order valence-electron chi connectivity index (χ3n) is 3.85. The summed E-state index contributed by atoms with van der Waals surface area (Å²) in [5, 5.41) is 19.0. The molecule has 1 atom stereocenters. The number of β-amino-alcohol motifs (C(OH)–C–C–N with tert-alkyl or cyclic N) is 1. The number of rotatable bonds is 5. The summed E-state index contributed by atoms with van der Waals surface area (Å²) in [6.45, 7) is 5.39. The Morgan fingerprint density at radius 3 is 2.67 bits per heavy atom. The highest BCUT2D eigenvalue weighted by atomic mass is 16.3. The number of hydrogen-bond acceptors (Lipinski definition) is 6. The Labute approximate surface area is 126 Å². The lowest BCUT2D eigenvalue weighted by molar-refractivity contribution is 0.0843. The van der Waals surface area contributed by atoms with Crippen LogP contribution in [0.3, 0.4) is 0 Å². The van der Waals surface area contributed by atoms with Crippen molar-refractivity contribution in [3.63, 3.8) is 0 Å². The second-order valence-corrected chi connectivity index (χ2v) is 5.65. The molecule has 0 bridgehead atoms. The van der Waals surface area contributed by atoms with E-state index in [2.05, 4.69) is 21.8 Å². The monoisotopic (exact) mass is 289 g/mol. The predicted molar refractivity (Wildman–Crippen MR) is 82.2 cm³/mol.